The normalized spacial score (nSPS) is 17.6. The zero-order chi connectivity index (χ0) is 14.5. The number of rotatable bonds is 6. The van der Waals surface area contributed by atoms with Crippen LogP contribution in [0, 0.1) is 20.8 Å². The molecule has 1 heterocycles. The average Bonchev–Trinajstić information content (AvgIpc) is 2.86. The van der Waals surface area contributed by atoms with E-state index in [4.69, 9.17) is 4.74 Å². The van der Waals surface area contributed by atoms with Gasteiger partial charge in [0.25, 0.3) is 0 Å². The molecule has 0 bridgehead atoms. The molecule has 1 aromatic rings. The number of pyridine rings is 1. The van der Waals surface area contributed by atoms with Crippen molar-refractivity contribution in [3.05, 3.63) is 28.6 Å². The van der Waals surface area contributed by atoms with Gasteiger partial charge in [0, 0.05) is 24.0 Å². The van der Waals surface area contributed by atoms with Gasteiger partial charge in [-0.3, -0.25) is 4.98 Å². The summed E-state index contributed by atoms with van der Waals surface area (Å²) < 4.78 is 5.89. The molecule has 2 rings (SSSR count). The molecule has 1 N–H and O–H groups in total. The second-order valence-corrected chi connectivity index (χ2v) is 6.03. The Hall–Kier alpha value is -0.930. The van der Waals surface area contributed by atoms with E-state index in [2.05, 4.69) is 44.1 Å². The molecule has 1 saturated carbocycles. The Morgan fingerprint density at radius 2 is 2.00 bits per heavy atom. The van der Waals surface area contributed by atoms with Crippen LogP contribution in [0.2, 0.25) is 0 Å². The van der Waals surface area contributed by atoms with Crippen molar-refractivity contribution in [2.45, 2.75) is 65.5 Å². The van der Waals surface area contributed by atoms with Crippen LogP contribution in [0.25, 0.3) is 0 Å². The van der Waals surface area contributed by atoms with Crippen molar-refractivity contribution in [1.82, 2.24) is 10.3 Å². The van der Waals surface area contributed by atoms with Gasteiger partial charge in [-0.15, -0.1) is 0 Å². The number of aryl methyl sites for hydroxylation is 3. The lowest BCUT2D eigenvalue weighted by Gasteiger charge is -2.20. The van der Waals surface area contributed by atoms with Crippen molar-refractivity contribution in [1.29, 1.82) is 0 Å². The Morgan fingerprint density at radius 1 is 1.30 bits per heavy atom. The van der Waals surface area contributed by atoms with Gasteiger partial charge < -0.3 is 10.1 Å². The molecule has 0 saturated heterocycles. The lowest BCUT2D eigenvalue weighted by Crippen LogP contribution is -2.26. The van der Waals surface area contributed by atoms with E-state index < -0.39 is 0 Å². The van der Waals surface area contributed by atoms with Crippen LogP contribution in [0.5, 0.6) is 0 Å². The zero-order valence-electron chi connectivity index (χ0n) is 13.3. The van der Waals surface area contributed by atoms with Crippen molar-refractivity contribution < 1.29 is 4.74 Å². The molecule has 20 heavy (non-hydrogen) atoms. The maximum atomic E-state index is 5.89. The van der Waals surface area contributed by atoms with Crippen LogP contribution in [0.1, 0.15) is 61.2 Å². The van der Waals surface area contributed by atoms with E-state index in [0.29, 0.717) is 12.1 Å². The molecule has 0 aromatic carbocycles. The van der Waals surface area contributed by atoms with Gasteiger partial charge in [0.2, 0.25) is 0 Å². The fraction of sp³-hybridized carbons (Fsp3) is 0.706. The van der Waals surface area contributed by atoms with Crippen molar-refractivity contribution in [3.8, 4) is 0 Å². The predicted molar refractivity (Wildman–Crippen MR) is 83.1 cm³/mol. The Kier molecular flexibility index (Phi) is 5.55. The summed E-state index contributed by atoms with van der Waals surface area (Å²) in [5, 5.41) is 3.56. The first-order valence-electron chi connectivity index (χ1n) is 7.87. The third-order valence-electron chi connectivity index (χ3n) is 4.23. The molecule has 1 fully saturated rings. The second-order valence-electron chi connectivity index (χ2n) is 6.03. The first kappa shape index (κ1) is 15.5. The summed E-state index contributed by atoms with van der Waals surface area (Å²) in [6, 6.07) is 2.49. The van der Waals surface area contributed by atoms with Crippen LogP contribution in [-0.4, -0.2) is 24.2 Å². The van der Waals surface area contributed by atoms with Crippen LogP contribution in [0.15, 0.2) is 6.07 Å². The number of hydrogen-bond acceptors (Lipinski definition) is 3. The van der Waals surface area contributed by atoms with Crippen molar-refractivity contribution in [2.75, 3.05) is 13.2 Å². The third-order valence-corrected chi connectivity index (χ3v) is 4.23. The highest BCUT2D eigenvalue weighted by Crippen LogP contribution is 2.22. The molecule has 1 unspecified atom stereocenters. The topological polar surface area (TPSA) is 34.1 Å². The van der Waals surface area contributed by atoms with Gasteiger partial charge in [0.15, 0.2) is 0 Å². The van der Waals surface area contributed by atoms with Crippen molar-refractivity contribution >= 4 is 0 Å². The number of nitrogens with one attached hydrogen (secondary N) is 1. The average molecular weight is 276 g/mol. The highest BCUT2D eigenvalue weighted by Gasteiger charge is 2.16. The largest absolute Gasteiger partial charge is 0.377 e. The highest BCUT2D eigenvalue weighted by molar-refractivity contribution is 5.33. The van der Waals surface area contributed by atoms with Crippen LogP contribution in [0.4, 0.5) is 0 Å². The Bertz CT molecular complexity index is 416. The number of hydrogen-bond donors (Lipinski definition) is 1. The van der Waals surface area contributed by atoms with E-state index >= 15 is 0 Å². The van der Waals surface area contributed by atoms with Gasteiger partial charge in [-0.1, -0.05) is 12.8 Å². The molecule has 0 spiro atoms. The minimum atomic E-state index is 0.329. The zero-order valence-corrected chi connectivity index (χ0v) is 13.3. The summed E-state index contributed by atoms with van der Waals surface area (Å²) in [4.78, 5) is 4.58. The lowest BCUT2D eigenvalue weighted by atomic mass is 10.0. The third kappa shape index (κ3) is 4.03. The molecule has 112 valence electrons. The molecule has 0 aliphatic heterocycles. The maximum absolute atomic E-state index is 5.89. The smallest absolute Gasteiger partial charge is 0.0594 e. The van der Waals surface area contributed by atoms with Crippen LogP contribution in [-0.2, 0) is 4.74 Å². The van der Waals surface area contributed by atoms with Crippen LogP contribution in [0.3, 0.4) is 0 Å². The van der Waals surface area contributed by atoms with E-state index in [1.54, 1.807) is 0 Å². The van der Waals surface area contributed by atoms with Gasteiger partial charge >= 0.3 is 0 Å². The molecule has 1 aromatic heterocycles. The van der Waals surface area contributed by atoms with E-state index in [1.165, 1.54) is 36.8 Å². The summed E-state index contributed by atoms with van der Waals surface area (Å²) in [5.74, 6) is 0. The maximum Gasteiger partial charge on any atom is 0.0594 e. The summed E-state index contributed by atoms with van der Waals surface area (Å²) in [7, 11) is 0. The molecule has 3 heteroatoms. The molecule has 3 nitrogen and oxygen atoms in total. The molecule has 1 aliphatic rings. The van der Waals surface area contributed by atoms with E-state index in [0.717, 1.165) is 24.5 Å². The summed E-state index contributed by atoms with van der Waals surface area (Å²) in [6.45, 7) is 10.3. The molecule has 0 amide bonds. The molecule has 0 radical (unpaired) electrons. The first-order chi connectivity index (χ1) is 9.58. The first-order valence-corrected chi connectivity index (χ1v) is 7.87. The molecule has 1 atom stereocenters. The fourth-order valence-electron chi connectivity index (χ4n) is 3.35. The van der Waals surface area contributed by atoms with E-state index in [9.17, 15) is 0 Å². The Labute approximate surface area is 123 Å². The minimum absolute atomic E-state index is 0.329. The minimum Gasteiger partial charge on any atom is -0.377 e. The van der Waals surface area contributed by atoms with E-state index in [1.807, 2.05) is 0 Å². The summed E-state index contributed by atoms with van der Waals surface area (Å²) in [5.41, 5.74) is 4.89. The lowest BCUT2D eigenvalue weighted by molar-refractivity contribution is 0.0593. The summed E-state index contributed by atoms with van der Waals surface area (Å²) >= 11 is 0. The van der Waals surface area contributed by atoms with Crippen molar-refractivity contribution in [2.24, 2.45) is 0 Å². The highest BCUT2D eigenvalue weighted by atomic mass is 16.5. The molecule has 1 aliphatic carbocycles. The quantitative estimate of drug-likeness (QED) is 0.806. The fourth-order valence-corrected chi connectivity index (χ4v) is 3.35. The second kappa shape index (κ2) is 7.19. The van der Waals surface area contributed by atoms with Gasteiger partial charge in [-0.05, 0) is 57.7 Å². The molecular formula is C17H28N2O. The summed E-state index contributed by atoms with van der Waals surface area (Å²) in [6.07, 6.45) is 5.67. The van der Waals surface area contributed by atoms with Crippen molar-refractivity contribution in [3.63, 3.8) is 0 Å². The monoisotopic (exact) mass is 276 g/mol. The van der Waals surface area contributed by atoms with E-state index in [-0.39, 0.29) is 0 Å². The molecular weight excluding hydrogens is 248 g/mol. The standard InChI is InChI=1S/C17H28N2O/c1-12-11-13(2)19-15(4)17(12)14(3)18-9-10-20-16-7-5-6-8-16/h11,14,16,18H,5-10H2,1-4H3. The Balaban J connectivity index is 1.80. The number of nitrogens with zero attached hydrogens (tertiary/aromatic N) is 1. The number of aromatic nitrogens is 1. The SMILES string of the molecule is Cc1cc(C)c(C(C)NCCOC2CCCC2)c(C)n1. The van der Waals surface area contributed by atoms with Gasteiger partial charge in [0.05, 0.1) is 12.7 Å². The van der Waals surface area contributed by atoms with Crippen LogP contribution < -0.4 is 5.32 Å². The van der Waals surface area contributed by atoms with Gasteiger partial charge in [-0.2, -0.15) is 0 Å². The Morgan fingerprint density at radius 3 is 2.65 bits per heavy atom. The number of ether oxygens (including phenoxy) is 1. The predicted octanol–water partition coefficient (Wildman–Crippen LogP) is 3.62. The van der Waals surface area contributed by atoms with Crippen LogP contribution >= 0.6 is 0 Å². The van der Waals surface area contributed by atoms with Gasteiger partial charge in [-0.25, -0.2) is 0 Å². The van der Waals surface area contributed by atoms with Gasteiger partial charge in [0.1, 0.15) is 0 Å².